The number of hydrogen-bond acceptors (Lipinski definition) is 3. The Morgan fingerprint density at radius 1 is 1.27 bits per heavy atom. The van der Waals surface area contributed by atoms with Crippen molar-refractivity contribution in [1.29, 1.82) is 0 Å². The lowest BCUT2D eigenvalue weighted by Crippen LogP contribution is -2.37. The number of carbonyl (C=O) groups excluding carboxylic acids is 1. The molecule has 3 atom stereocenters. The third-order valence-corrected chi connectivity index (χ3v) is 6.09. The van der Waals surface area contributed by atoms with Crippen LogP contribution >= 0.6 is 0 Å². The molecular weight excluding hydrogens is 274 g/mol. The molecule has 0 amide bonds. The number of rotatable bonds is 3. The average Bonchev–Trinajstić information content (AvgIpc) is 2.65. The van der Waals surface area contributed by atoms with Crippen molar-refractivity contribution in [2.24, 2.45) is 27.7 Å². The van der Waals surface area contributed by atoms with Crippen molar-refractivity contribution in [3.05, 3.63) is 0 Å². The standard InChI is InChI=1S/C19H33NO2/c1-12(2)15(16(21)22-17(3,4)5)20-14-11-13-9-10-19(14,8)18(13,6)7/h12-13,15H,9-11H2,1-8H3/t13-,15-,19+/m1/s1. The van der Waals surface area contributed by atoms with Gasteiger partial charge in [-0.15, -0.1) is 0 Å². The first-order chi connectivity index (χ1) is 9.88. The summed E-state index contributed by atoms with van der Waals surface area (Å²) >= 11 is 0. The Bertz CT molecular complexity index is 484. The van der Waals surface area contributed by atoms with E-state index in [1.54, 1.807) is 0 Å². The summed E-state index contributed by atoms with van der Waals surface area (Å²) in [5, 5.41) is 0. The maximum absolute atomic E-state index is 12.5. The van der Waals surface area contributed by atoms with E-state index in [1.165, 1.54) is 18.6 Å². The molecule has 0 aromatic heterocycles. The molecule has 2 saturated carbocycles. The lowest BCUT2D eigenvalue weighted by atomic mass is 9.70. The Hall–Kier alpha value is -0.860. The highest BCUT2D eigenvalue weighted by Gasteiger charge is 2.60. The van der Waals surface area contributed by atoms with Gasteiger partial charge < -0.3 is 4.74 Å². The van der Waals surface area contributed by atoms with E-state index in [9.17, 15) is 4.79 Å². The molecular formula is C19H33NO2. The third kappa shape index (κ3) is 2.83. The molecule has 0 N–H and O–H groups in total. The van der Waals surface area contributed by atoms with Crippen molar-refractivity contribution in [2.45, 2.75) is 86.3 Å². The van der Waals surface area contributed by atoms with Crippen LogP contribution in [0.4, 0.5) is 0 Å². The average molecular weight is 307 g/mol. The second kappa shape index (κ2) is 5.35. The molecule has 0 heterocycles. The zero-order valence-electron chi connectivity index (χ0n) is 15.6. The summed E-state index contributed by atoms with van der Waals surface area (Å²) in [6.45, 7) is 16.9. The number of carbonyl (C=O) groups is 1. The van der Waals surface area contributed by atoms with Gasteiger partial charge in [0, 0.05) is 11.1 Å². The molecule has 2 fully saturated rings. The predicted molar refractivity (Wildman–Crippen MR) is 91.1 cm³/mol. The third-order valence-electron chi connectivity index (χ3n) is 6.09. The van der Waals surface area contributed by atoms with Crippen LogP contribution in [0.5, 0.6) is 0 Å². The number of hydrogen-bond donors (Lipinski definition) is 0. The van der Waals surface area contributed by atoms with E-state index < -0.39 is 5.60 Å². The van der Waals surface area contributed by atoms with E-state index in [0.717, 1.165) is 6.42 Å². The zero-order chi connectivity index (χ0) is 16.9. The number of aliphatic imine (C=N–C) groups is 1. The number of nitrogens with zero attached hydrogens (tertiary/aromatic N) is 1. The molecule has 0 aromatic rings. The highest BCUT2D eigenvalue weighted by atomic mass is 16.6. The van der Waals surface area contributed by atoms with Crippen LogP contribution in [0.25, 0.3) is 0 Å². The SMILES string of the molecule is CC(C)[C@@H](N=C1C[C@H]2CC[C@]1(C)C2(C)C)C(=O)OC(C)(C)C. The van der Waals surface area contributed by atoms with Crippen molar-refractivity contribution in [2.75, 3.05) is 0 Å². The van der Waals surface area contributed by atoms with Crippen LogP contribution in [0.15, 0.2) is 4.99 Å². The monoisotopic (exact) mass is 307 g/mol. The maximum atomic E-state index is 12.5. The minimum absolute atomic E-state index is 0.146. The Kier molecular flexibility index (Phi) is 4.25. The first-order valence-electron chi connectivity index (χ1n) is 8.68. The van der Waals surface area contributed by atoms with Gasteiger partial charge in [-0.25, -0.2) is 4.79 Å². The molecule has 0 aromatic carbocycles. The maximum Gasteiger partial charge on any atom is 0.331 e. The summed E-state index contributed by atoms with van der Waals surface area (Å²) in [6.07, 6.45) is 3.54. The molecule has 0 spiro atoms. The van der Waals surface area contributed by atoms with Gasteiger partial charge in [0.1, 0.15) is 11.6 Å². The minimum Gasteiger partial charge on any atom is -0.458 e. The lowest BCUT2D eigenvalue weighted by Gasteiger charge is -2.35. The molecule has 3 nitrogen and oxygen atoms in total. The van der Waals surface area contributed by atoms with Crippen molar-refractivity contribution in [3.8, 4) is 0 Å². The van der Waals surface area contributed by atoms with Crippen LogP contribution in [0.3, 0.4) is 0 Å². The zero-order valence-corrected chi connectivity index (χ0v) is 15.6. The van der Waals surface area contributed by atoms with E-state index in [2.05, 4.69) is 34.6 Å². The van der Waals surface area contributed by atoms with E-state index in [-0.39, 0.29) is 23.3 Å². The minimum atomic E-state index is -0.456. The normalized spacial score (nSPS) is 33.5. The fourth-order valence-corrected chi connectivity index (χ4v) is 4.13. The number of fused-ring (bicyclic) bond motifs is 2. The molecule has 0 unspecified atom stereocenters. The molecule has 2 aliphatic carbocycles. The number of esters is 1. The van der Waals surface area contributed by atoms with Crippen molar-refractivity contribution >= 4 is 11.7 Å². The van der Waals surface area contributed by atoms with Gasteiger partial charge in [0.25, 0.3) is 0 Å². The smallest absolute Gasteiger partial charge is 0.331 e. The molecule has 0 saturated heterocycles. The van der Waals surface area contributed by atoms with Crippen molar-refractivity contribution in [1.82, 2.24) is 0 Å². The summed E-state index contributed by atoms with van der Waals surface area (Å²) in [7, 11) is 0. The molecule has 2 aliphatic rings. The molecule has 2 rings (SSSR count). The second-order valence-electron chi connectivity index (χ2n) is 9.29. The van der Waals surface area contributed by atoms with Gasteiger partial charge in [0.2, 0.25) is 0 Å². The van der Waals surface area contributed by atoms with E-state index in [0.29, 0.717) is 11.3 Å². The van der Waals surface area contributed by atoms with Crippen LogP contribution < -0.4 is 0 Å². The second-order valence-corrected chi connectivity index (χ2v) is 9.29. The Labute approximate surface area is 135 Å². The van der Waals surface area contributed by atoms with E-state index >= 15 is 0 Å². The first kappa shape index (κ1) is 17.5. The molecule has 22 heavy (non-hydrogen) atoms. The van der Waals surface area contributed by atoms with Gasteiger partial charge in [0.15, 0.2) is 0 Å². The van der Waals surface area contributed by atoms with Crippen LogP contribution in [-0.4, -0.2) is 23.3 Å². The quantitative estimate of drug-likeness (QED) is 0.712. The lowest BCUT2D eigenvalue weighted by molar-refractivity contribution is -0.157. The topological polar surface area (TPSA) is 38.7 Å². The number of ether oxygens (including phenoxy) is 1. The highest BCUT2D eigenvalue weighted by Crippen LogP contribution is 2.64. The van der Waals surface area contributed by atoms with Gasteiger partial charge in [-0.3, -0.25) is 4.99 Å². The molecule has 3 heteroatoms. The molecule has 126 valence electrons. The fraction of sp³-hybridized carbons (Fsp3) is 0.895. The van der Waals surface area contributed by atoms with Crippen molar-refractivity contribution in [3.63, 3.8) is 0 Å². The van der Waals surface area contributed by atoms with E-state index in [4.69, 9.17) is 9.73 Å². The van der Waals surface area contributed by atoms with Crippen LogP contribution in [0, 0.1) is 22.7 Å². The van der Waals surface area contributed by atoms with Crippen LogP contribution in [0.1, 0.15) is 74.7 Å². The summed E-state index contributed by atoms with van der Waals surface area (Å²) < 4.78 is 5.59. The van der Waals surface area contributed by atoms with Crippen LogP contribution in [0.2, 0.25) is 0 Å². The summed E-state index contributed by atoms with van der Waals surface area (Å²) in [6, 6.07) is -0.374. The Morgan fingerprint density at radius 2 is 1.86 bits per heavy atom. The predicted octanol–water partition coefficient (Wildman–Crippen LogP) is 4.64. The molecule has 0 aliphatic heterocycles. The van der Waals surface area contributed by atoms with Gasteiger partial charge in [-0.1, -0.05) is 34.6 Å². The van der Waals surface area contributed by atoms with Gasteiger partial charge in [-0.05, 0) is 57.3 Å². The summed E-state index contributed by atoms with van der Waals surface area (Å²) in [4.78, 5) is 17.5. The Balaban J connectivity index is 2.27. The van der Waals surface area contributed by atoms with Crippen molar-refractivity contribution < 1.29 is 9.53 Å². The fourth-order valence-electron chi connectivity index (χ4n) is 4.13. The first-order valence-corrected chi connectivity index (χ1v) is 8.68. The highest BCUT2D eigenvalue weighted by molar-refractivity contribution is 5.96. The Morgan fingerprint density at radius 3 is 2.23 bits per heavy atom. The van der Waals surface area contributed by atoms with E-state index in [1.807, 2.05) is 20.8 Å². The largest absolute Gasteiger partial charge is 0.458 e. The van der Waals surface area contributed by atoms with Gasteiger partial charge >= 0.3 is 5.97 Å². The molecule has 0 radical (unpaired) electrons. The summed E-state index contributed by atoms with van der Waals surface area (Å²) in [5.41, 5.74) is 1.23. The summed E-state index contributed by atoms with van der Waals surface area (Å²) in [5.74, 6) is 0.690. The molecule has 2 bridgehead atoms. The van der Waals surface area contributed by atoms with Gasteiger partial charge in [-0.2, -0.15) is 0 Å². The van der Waals surface area contributed by atoms with Gasteiger partial charge in [0.05, 0.1) is 0 Å². The van der Waals surface area contributed by atoms with Crippen LogP contribution in [-0.2, 0) is 9.53 Å².